The molecule has 2 heterocycles. The van der Waals surface area contributed by atoms with E-state index in [-0.39, 0.29) is 0 Å². The first-order valence-electron chi connectivity index (χ1n) is 19.4. The molecule has 1 aromatic heterocycles. The number of nitrogens with one attached hydrogen (secondary N) is 1. The first-order valence-corrected chi connectivity index (χ1v) is 19.4. The van der Waals surface area contributed by atoms with Crippen LogP contribution in [0, 0.1) is 0 Å². The largest absolute Gasteiger partial charge is 0.455 e. The summed E-state index contributed by atoms with van der Waals surface area (Å²) in [5, 5.41) is 17.8. The van der Waals surface area contributed by atoms with Gasteiger partial charge >= 0.3 is 0 Å². The van der Waals surface area contributed by atoms with Gasteiger partial charge in [0.1, 0.15) is 23.2 Å². The van der Waals surface area contributed by atoms with Crippen molar-refractivity contribution in [2.24, 2.45) is 9.98 Å². The molecule has 0 radical (unpaired) electrons. The second kappa shape index (κ2) is 12.5. The van der Waals surface area contributed by atoms with Crippen molar-refractivity contribution in [3.8, 4) is 11.1 Å². The summed E-state index contributed by atoms with van der Waals surface area (Å²) in [5.41, 5.74) is 6.86. The topological polar surface area (TPSA) is 49.9 Å². The van der Waals surface area contributed by atoms with Gasteiger partial charge in [-0.25, -0.2) is 9.98 Å². The fourth-order valence-corrected chi connectivity index (χ4v) is 9.02. The van der Waals surface area contributed by atoms with Crippen molar-refractivity contribution in [2.75, 3.05) is 0 Å². The average Bonchev–Trinajstić information content (AvgIpc) is 3.68. The third kappa shape index (κ3) is 5.01. The highest BCUT2D eigenvalue weighted by molar-refractivity contribution is 6.25. The highest BCUT2D eigenvalue weighted by Crippen LogP contribution is 2.42. The van der Waals surface area contributed by atoms with E-state index < -0.39 is 6.17 Å². The van der Waals surface area contributed by atoms with E-state index in [9.17, 15) is 0 Å². The number of nitrogens with zero attached hydrogens (tertiary/aromatic N) is 2. The van der Waals surface area contributed by atoms with Crippen LogP contribution in [0.2, 0.25) is 0 Å². The zero-order chi connectivity index (χ0) is 37.5. The van der Waals surface area contributed by atoms with Crippen LogP contribution in [0.25, 0.3) is 86.9 Å². The van der Waals surface area contributed by atoms with E-state index in [0.717, 1.165) is 61.0 Å². The van der Waals surface area contributed by atoms with Crippen LogP contribution in [-0.2, 0) is 0 Å². The van der Waals surface area contributed by atoms with Crippen LogP contribution in [-0.4, -0.2) is 11.7 Å². The van der Waals surface area contributed by atoms with Crippen molar-refractivity contribution in [3.05, 3.63) is 205 Å². The van der Waals surface area contributed by atoms with Crippen LogP contribution in [0.1, 0.15) is 22.9 Å². The maximum Gasteiger partial charge on any atom is 0.160 e. The van der Waals surface area contributed by atoms with Gasteiger partial charge in [-0.2, -0.15) is 0 Å². The third-order valence-corrected chi connectivity index (χ3v) is 11.7. The van der Waals surface area contributed by atoms with Crippen molar-refractivity contribution >= 4 is 87.5 Å². The highest BCUT2D eigenvalue weighted by Gasteiger charge is 2.27. The number of fused-ring (bicyclic) bond motifs is 10. The summed E-state index contributed by atoms with van der Waals surface area (Å²) < 4.78 is 6.82. The Balaban J connectivity index is 1.13. The van der Waals surface area contributed by atoms with Crippen LogP contribution in [0.15, 0.2) is 202 Å². The molecule has 0 bridgehead atoms. The van der Waals surface area contributed by atoms with Gasteiger partial charge in [0.05, 0.1) is 0 Å². The molecule has 1 atom stereocenters. The maximum atomic E-state index is 6.82. The van der Waals surface area contributed by atoms with E-state index in [2.05, 4.69) is 181 Å². The third-order valence-electron chi connectivity index (χ3n) is 11.7. The molecule has 0 saturated carbocycles. The smallest absolute Gasteiger partial charge is 0.160 e. The van der Waals surface area contributed by atoms with Gasteiger partial charge in [-0.3, -0.25) is 0 Å². The van der Waals surface area contributed by atoms with Gasteiger partial charge in [-0.15, -0.1) is 0 Å². The van der Waals surface area contributed by atoms with Crippen LogP contribution >= 0.6 is 0 Å². The summed E-state index contributed by atoms with van der Waals surface area (Å²) in [5.74, 6) is 1.43. The summed E-state index contributed by atoms with van der Waals surface area (Å²) in [6, 6.07) is 66.9. The minimum atomic E-state index is -0.420. The molecule has 10 aromatic carbocycles. The molecule has 0 saturated heterocycles. The Morgan fingerprint density at radius 3 is 1.84 bits per heavy atom. The SMILES string of the molecule is c1ccc2c(-c3ccc(C4=NC(c5cc6ccccc6c6ccccc56)NC(c5ccc6ccc7ccccc7c6c5)=N4)c4c3oc3ccccc34)cccc2c1. The molecule has 0 aliphatic carbocycles. The predicted molar refractivity (Wildman–Crippen MR) is 239 cm³/mol. The molecule has 4 heteroatoms. The van der Waals surface area contributed by atoms with E-state index in [1.54, 1.807) is 0 Å². The molecule has 11 aromatic rings. The van der Waals surface area contributed by atoms with Crippen molar-refractivity contribution < 1.29 is 4.42 Å². The normalized spacial score (nSPS) is 14.5. The zero-order valence-corrected chi connectivity index (χ0v) is 30.8. The van der Waals surface area contributed by atoms with Crippen molar-refractivity contribution in [3.63, 3.8) is 0 Å². The fraction of sp³-hybridized carbons (Fsp3) is 0.0189. The van der Waals surface area contributed by atoms with Gasteiger partial charge in [0.2, 0.25) is 0 Å². The standard InChI is InChI=1S/C53H33N3O/c1-4-16-37-32(12-1)15-11-22-41(37)43-28-29-45(49-44-21-9-10-23-48(44)57-50(43)49)52-54-51(36-27-26-34-25-24-33-13-2-5-17-38(33)46(34)31-36)55-53(56-52)47-30-35-14-3-6-18-39(35)40-19-7-8-20-42(40)47/h1-31,53H,(H,54,55,56). The Bertz CT molecular complexity index is 3510. The molecule has 1 aliphatic rings. The van der Waals surface area contributed by atoms with E-state index in [1.807, 2.05) is 12.1 Å². The molecule has 57 heavy (non-hydrogen) atoms. The van der Waals surface area contributed by atoms with E-state index in [1.165, 1.54) is 48.5 Å². The molecule has 1 N–H and O–H groups in total. The van der Waals surface area contributed by atoms with Crippen molar-refractivity contribution in [1.82, 2.24) is 5.32 Å². The number of hydrogen-bond acceptors (Lipinski definition) is 4. The lowest BCUT2D eigenvalue weighted by Crippen LogP contribution is -2.33. The number of rotatable bonds is 4. The Hall–Kier alpha value is -7.56. The first kappa shape index (κ1) is 31.8. The van der Waals surface area contributed by atoms with Gasteiger partial charge in [-0.1, -0.05) is 158 Å². The number of amidine groups is 2. The van der Waals surface area contributed by atoms with Crippen molar-refractivity contribution in [1.29, 1.82) is 0 Å². The van der Waals surface area contributed by atoms with Gasteiger partial charge in [0, 0.05) is 33.0 Å². The second-order valence-electron chi connectivity index (χ2n) is 14.9. The Morgan fingerprint density at radius 2 is 1.02 bits per heavy atom. The highest BCUT2D eigenvalue weighted by atomic mass is 16.3. The van der Waals surface area contributed by atoms with Gasteiger partial charge in [0.15, 0.2) is 5.84 Å². The quantitative estimate of drug-likeness (QED) is 0.184. The molecular weight excluding hydrogens is 695 g/mol. The monoisotopic (exact) mass is 727 g/mol. The lowest BCUT2D eigenvalue weighted by atomic mass is 9.93. The number of hydrogen-bond donors (Lipinski definition) is 1. The summed E-state index contributed by atoms with van der Waals surface area (Å²) in [4.78, 5) is 11.0. The van der Waals surface area contributed by atoms with Gasteiger partial charge in [-0.05, 0) is 89.8 Å². The molecule has 0 fully saturated rings. The first-order chi connectivity index (χ1) is 28.2. The summed E-state index contributed by atoms with van der Waals surface area (Å²) in [7, 11) is 0. The molecule has 0 spiro atoms. The van der Waals surface area contributed by atoms with Gasteiger partial charge < -0.3 is 9.73 Å². The lowest BCUT2D eigenvalue weighted by molar-refractivity contribution is 0.669. The summed E-state index contributed by atoms with van der Waals surface area (Å²) >= 11 is 0. The number of para-hydroxylation sites is 1. The van der Waals surface area contributed by atoms with E-state index in [4.69, 9.17) is 14.4 Å². The minimum absolute atomic E-state index is 0.420. The molecule has 4 nitrogen and oxygen atoms in total. The average molecular weight is 728 g/mol. The molecule has 12 rings (SSSR count). The Labute approximate surface area is 328 Å². The minimum Gasteiger partial charge on any atom is -0.455 e. The molecule has 1 unspecified atom stereocenters. The maximum absolute atomic E-state index is 6.82. The van der Waals surface area contributed by atoms with Crippen LogP contribution in [0.5, 0.6) is 0 Å². The van der Waals surface area contributed by atoms with Gasteiger partial charge in [0.25, 0.3) is 0 Å². The van der Waals surface area contributed by atoms with E-state index in [0.29, 0.717) is 5.84 Å². The number of benzene rings is 10. The Morgan fingerprint density at radius 1 is 0.421 bits per heavy atom. The van der Waals surface area contributed by atoms with Crippen LogP contribution < -0.4 is 5.32 Å². The number of furan rings is 1. The summed E-state index contributed by atoms with van der Waals surface area (Å²) in [6.07, 6.45) is -0.420. The zero-order valence-electron chi connectivity index (χ0n) is 30.8. The van der Waals surface area contributed by atoms with E-state index >= 15 is 0 Å². The predicted octanol–water partition coefficient (Wildman–Crippen LogP) is 13.5. The van der Waals surface area contributed by atoms with Crippen LogP contribution in [0.4, 0.5) is 0 Å². The Kier molecular flexibility index (Phi) is 6.96. The van der Waals surface area contributed by atoms with Crippen molar-refractivity contribution in [2.45, 2.75) is 6.17 Å². The second-order valence-corrected chi connectivity index (χ2v) is 14.9. The summed E-state index contributed by atoms with van der Waals surface area (Å²) in [6.45, 7) is 0. The molecule has 266 valence electrons. The molecule has 0 amide bonds. The number of aliphatic imine (C=N–C) groups is 2. The lowest BCUT2D eigenvalue weighted by Gasteiger charge is -2.25. The fourth-order valence-electron chi connectivity index (χ4n) is 9.02. The molecule has 1 aliphatic heterocycles. The van der Waals surface area contributed by atoms with Crippen LogP contribution in [0.3, 0.4) is 0 Å². The molecular formula is C53H33N3O.